The van der Waals surface area contributed by atoms with Crippen LogP contribution >= 0.6 is 0 Å². The maximum Gasteiger partial charge on any atom is 0.315 e. The lowest BCUT2D eigenvalue weighted by Gasteiger charge is -2.10. The molecule has 0 fully saturated rings. The van der Waals surface area contributed by atoms with Gasteiger partial charge < -0.3 is 9.47 Å². The van der Waals surface area contributed by atoms with E-state index in [1.807, 2.05) is 48.5 Å². The summed E-state index contributed by atoms with van der Waals surface area (Å²) in [7, 11) is 1.47. The van der Waals surface area contributed by atoms with Gasteiger partial charge in [-0.3, -0.25) is 4.79 Å². The van der Waals surface area contributed by atoms with Crippen molar-refractivity contribution in [2.24, 2.45) is 0 Å². The molecule has 0 heterocycles. The van der Waals surface area contributed by atoms with Gasteiger partial charge in [-0.05, 0) is 28.5 Å². The van der Waals surface area contributed by atoms with E-state index >= 15 is 0 Å². The molecule has 4 nitrogen and oxygen atoms in total. The molecule has 0 N–H and O–H groups in total. The fourth-order valence-electron chi connectivity index (χ4n) is 2.58. The molecule has 0 saturated heterocycles. The van der Waals surface area contributed by atoms with Gasteiger partial charge in [-0.25, -0.2) is 0 Å². The van der Waals surface area contributed by atoms with Gasteiger partial charge in [0.1, 0.15) is 0 Å². The van der Waals surface area contributed by atoms with Gasteiger partial charge in [0.15, 0.2) is 11.5 Å². The van der Waals surface area contributed by atoms with Crippen LogP contribution in [-0.4, -0.2) is 13.1 Å². The first-order chi connectivity index (χ1) is 11.7. The zero-order chi connectivity index (χ0) is 16.9. The van der Waals surface area contributed by atoms with Crippen molar-refractivity contribution in [3.8, 4) is 17.6 Å². The van der Waals surface area contributed by atoms with Gasteiger partial charge in [0.05, 0.1) is 25.2 Å². The van der Waals surface area contributed by atoms with Crippen LogP contribution in [0, 0.1) is 11.3 Å². The first kappa shape index (κ1) is 15.6. The topological polar surface area (TPSA) is 59.3 Å². The highest BCUT2D eigenvalue weighted by atomic mass is 16.6. The molecule has 3 rings (SSSR count). The standard InChI is InChI=1S/C20H15NO3/c1-23-19-11-14(13-21)9-10-18(19)24-20(22)12-16-7-4-6-15-5-2-3-8-17(15)16/h2-11H,12H2,1H3. The number of nitriles is 1. The number of rotatable bonds is 4. The molecule has 0 radical (unpaired) electrons. The lowest BCUT2D eigenvalue weighted by atomic mass is 10.0. The maximum atomic E-state index is 12.3. The Balaban J connectivity index is 1.82. The monoisotopic (exact) mass is 317 g/mol. The normalized spacial score (nSPS) is 10.2. The van der Waals surface area contributed by atoms with Crippen LogP contribution < -0.4 is 9.47 Å². The molecule has 0 amide bonds. The SMILES string of the molecule is COc1cc(C#N)ccc1OC(=O)Cc1cccc2ccccc12. The summed E-state index contributed by atoms with van der Waals surface area (Å²) in [6.45, 7) is 0. The Hall–Kier alpha value is -3.32. The summed E-state index contributed by atoms with van der Waals surface area (Å²) < 4.78 is 10.6. The quantitative estimate of drug-likeness (QED) is 0.541. The molecule has 4 heteroatoms. The summed E-state index contributed by atoms with van der Waals surface area (Å²) in [5, 5.41) is 11.0. The van der Waals surface area contributed by atoms with Crippen molar-refractivity contribution in [1.82, 2.24) is 0 Å². The lowest BCUT2D eigenvalue weighted by molar-refractivity contribution is -0.133. The number of esters is 1. The Morgan fingerprint density at radius 1 is 1.04 bits per heavy atom. The van der Waals surface area contributed by atoms with Crippen molar-refractivity contribution in [3.63, 3.8) is 0 Å². The average Bonchev–Trinajstić information content (AvgIpc) is 2.62. The summed E-state index contributed by atoms with van der Waals surface area (Å²) in [5.41, 5.74) is 1.35. The largest absolute Gasteiger partial charge is 0.493 e. The summed E-state index contributed by atoms with van der Waals surface area (Å²) in [5.74, 6) is 0.288. The molecule has 0 saturated carbocycles. The van der Waals surface area contributed by atoms with Crippen LogP contribution in [0.25, 0.3) is 10.8 Å². The fraction of sp³-hybridized carbons (Fsp3) is 0.100. The molecule has 0 aliphatic rings. The Bertz CT molecular complexity index is 936. The molecule has 0 atom stereocenters. The van der Waals surface area contributed by atoms with Crippen LogP contribution in [0.3, 0.4) is 0 Å². The fourth-order valence-corrected chi connectivity index (χ4v) is 2.58. The minimum atomic E-state index is -0.380. The molecule has 0 spiro atoms. The van der Waals surface area contributed by atoms with Crippen molar-refractivity contribution in [2.45, 2.75) is 6.42 Å². The third kappa shape index (κ3) is 3.21. The van der Waals surface area contributed by atoms with Crippen LogP contribution in [0.4, 0.5) is 0 Å². The molecule has 0 aliphatic carbocycles. The number of carbonyl (C=O) groups excluding carboxylic acids is 1. The highest BCUT2D eigenvalue weighted by Crippen LogP contribution is 2.28. The Labute approximate surface area is 139 Å². The molecule has 0 aliphatic heterocycles. The number of hydrogen-bond acceptors (Lipinski definition) is 4. The van der Waals surface area contributed by atoms with Crippen molar-refractivity contribution in [2.75, 3.05) is 7.11 Å². The van der Waals surface area contributed by atoms with Crippen LogP contribution in [-0.2, 0) is 11.2 Å². The Kier molecular flexibility index (Phi) is 4.44. The average molecular weight is 317 g/mol. The molecule has 0 aromatic heterocycles. The Morgan fingerprint density at radius 3 is 2.62 bits per heavy atom. The van der Waals surface area contributed by atoms with Gasteiger partial charge >= 0.3 is 5.97 Å². The van der Waals surface area contributed by atoms with E-state index in [-0.39, 0.29) is 12.4 Å². The van der Waals surface area contributed by atoms with E-state index in [0.717, 1.165) is 16.3 Å². The summed E-state index contributed by atoms with van der Waals surface area (Å²) >= 11 is 0. The predicted octanol–water partition coefficient (Wildman–Crippen LogP) is 3.87. The van der Waals surface area contributed by atoms with Crippen molar-refractivity contribution in [3.05, 3.63) is 71.8 Å². The van der Waals surface area contributed by atoms with Gasteiger partial charge in [0.2, 0.25) is 0 Å². The van der Waals surface area contributed by atoms with Gasteiger partial charge in [-0.15, -0.1) is 0 Å². The zero-order valence-corrected chi connectivity index (χ0v) is 13.2. The first-order valence-electron chi connectivity index (χ1n) is 7.46. The molecule has 0 unspecified atom stereocenters. The summed E-state index contributed by atoms with van der Waals surface area (Å²) in [4.78, 5) is 12.3. The molecule has 118 valence electrons. The van der Waals surface area contributed by atoms with Gasteiger partial charge in [-0.2, -0.15) is 5.26 Å². The van der Waals surface area contributed by atoms with E-state index in [1.54, 1.807) is 18.2 Å². The van der Waals surface area contributed by atoms with E-state index in [1.165, 1.54) is 7.11 Å². The number of fused-ring (bicyclic) bond motifs is 1. The minimum absolute atomic E-state index is 0.157. The minimum Gasteiger partial charge on any atom is -0.493 e. The molecule has 24 heavy (non-hydrogen) atoms. The Morgan fingerprint density at radius 2 is 1.83 bits per heavy atom. The van der Waals surface area contributed by atoms with Crippen LogP contribution in [0.2, 0.25) is 0 Å². The molecule has 3 aromatic carbocycles. The van der Waals surface area contributed by atoms with Crippen molar-refractivity contribution in [1.29, 1.82) is 5.26 Å². The molecular formula is C20H15NO3. The predicted molar refractivity (Wildman–Crippen MR) is 91.0 cm³/mol. The van der Waals surface area contributed by atoms with Crippen LogP contribution in [0.5, 0.6) is 11.5 Å². The second-order valence-electron chi connectivity index (χ2n) is 5.27. The summed E-state index contributed by atoms with van der Waals surface area (Å²) in [6.07, 6.45) is 0.157. The molecule has 0 bridgehead atoms. The van der Waals surface area contributed by atoms with Crippen molar-refractivity contribution >= 4 is 16.7 Å². The number of ether oxygens (including phenoxy) is 2. The number of methoxy groups -OCH3 is 1. The second-order valence-corrected chi connectivity index (χ2v) is 5.27. The highest BCUT2D eigenvalue weighted by molar-refractivity contribution is 5.89. The number of nitrogens with zero attached hydrogens (tertiary/aromatic N) is 1. The first-order valence-corrected chi connectivity index (χ1v) is 7.46. The van der Waals surface area contributed by atoms with Crippen LogP contribution in [0.1, 0.15) is 11.1 Å². The number of carbonyl (C=O) groups is 1. The van der Waals surface area contributed by atoms with Crippen LogP contribution in [0.15, 0.2) is 60.7 Å². The second kappa shape index (κ2) is 6.84. The van der Waals surface area contributed by atoms with E-state index < -0.39 is 0 Å². The zero-order valence-electron chi connectivity index (χ0n) is 13.2. The third-order valence-electron chi connectivity index (χ3n) is 3.73. The van der Waals surface area contributed by atoms with E-state index in [4.69, 9.17) is 14.7 Å². The maximum absolute atomic E-state index is 12.3. The molecular weight excluding hydrogens is 302 g/mol. The van der Waals surface area contributed by atoms with Gasteiger partial charge in [-0.1, -0.05) is 42.5 Å². The van der Waals surface area contributed by atoms with E-state index in [0.29, 0.717) is 17.1 Å². The van der Waals surface area contributed by atoms with Crippen molar-refractivity contribution < 1.29 is 14.3 Å². The summed E-state index contributed by atoms with van der Waals surface area (Å²) in [6, 6.07) is 20.5. The molecule has 3 aromatic rings. The van der Waals surface area contributed by atoms with E-state index in [9.17, 15) is 4.79 Å². The highest BCUT2D eigenvalue weighted by Gasteiger charge is 2.13. The number of benzene rings is 3. The lowest BCUT2D eigenvalue weighted by Crippen LogP contribution is -2.12. The number of hydrogen-bond donors (Lipinski definition) is 0. The smallest absolute Gasteiger partial charge is 0.315 e. The van der Waals surface area contributed by atoms with Gasteiger partial charge in [0, 0.05) is 6.07 Å². The van der Waals surface area contributed by atoms with Gasteiger partial charge in [0.25, 0.3) is 0 Å². The third-order valence-corrected chi connectivity index (χ3v) is 3.73. The van der Waals surface area contributed by atoms with E-state index in [2.05, 4.69) is 0 Å².